The van der Waals surface area contributed by atoms with Gasteiger partial charge in [0, 0.05) is 38.3 Å². The van der Waals surface area contributed by atoms with Crippen LogP contribution in [-0.4, -0.2) is 52.4 Å². The maximum atomic E-state index is 11.8. The van der Waals surface area contributed by atoms with Crippen molar-refractivity contribution in [2.75, 3.05) is 19.3 Å². The van der Waals surface area contributed by atoms with Crippen LogP contribution >= 0.6 is 0 Å². The van der Waals surface area contributed by atoms with Gasteiger partial charge in [-0.25, -0.2) is 13.1 Å². The van der Waals surface area contributed by atoms with Gasteiger partial charge in [-0.05, 0) is 25.0 Å². The number of aryl methyl sites for hydroxylation is 1. The van der Waals surface area contributed by atoms with E-state index in [0.29, 0.717) is 5.82 Å². The molecule has 0 bridgehead atoms. The van der Waals surface area contributed by atoms with E-state index in [1.807, 2.05) is 39.0 Å². The van der Waals surface area contributed by atoms with Gasteiger partial charge in [0.1, 0.15) is 5.82 Å². The van der Waals surface area contributed by atoms with Gasteiger partial charge in [-0.15, -0.1) is 10.2 Å². The van der Waals surface area contributed by atoms with Gasteiger partial charge in [-0.2, -0.15) is 0 Å². The van der Waals surface area contributed by atoms with Crippen LogP contribution in [0.25, 0.3) is 0 Å². The fourth-order valence-corrected chi connectivity index (χ4v) is 4.25. The normalized spacial score (nSPS) is 16.9. The van der Waals surface area contributed by atoms with Crippen molar-refractivity contribution in [1.82, 2.24) is 29.4 Å². The highest BCUT2D eigenvalue weighted by molar-refractivity contribution is 7.88. The zero-order valence-corrected chi connectivity index (χ0v) is 17.2. The molecule has 27 heavy (non-hydrogen) atoms. The van der Waals surface area contributed by atoms with Crippen molar-refractivity contribution in [2.24, 2.45) is 5.92 Å². The Hall–Kier alpha value is -1.84. The summed E-state index contributed by atoms with van der Waals surface area (Å²) in [6, 6.07) is 5.70. The Morgan fingerprint density at radius 3 is 2.63 bits per heavy atom. The predicted molar refractivity (Wildman–Crippen MR) is 104 cm³/mol. The predicted octanol–water partition coefficient (Wildman–Crippen LogP) is 1.29. The number of nitrogens with one attached hydrogen (secondary N) is 1. The first-order valence-electron chi connectivity index (χ1n) is 9.27. The summed E-state index contributed by atoms with van der Waals surface area (Å²) >= 11 is 0. The third-order valence-corrected chi connectivity index (χ3v) is 5.45. The van der Waals surface area contributed by atoms with Crippen molar-refractivity contribution in [3.8, 4) is 0 Å². The second kappa shape index (κ2) is 8.04. The molecule has 0 saturated carbocycles. The molecule has 1 aliphatic heterocycles. The van der Waals surface area contributed by atoms with Crippen LogP contribution in [0.15, 0.2) is 18.2 Å². The molecule has 0 spiro atoms. The largest absolute Gasteiger partial charge is 0.312 e. The summed E-state index contributed by atoms with van der Waals surface area (Å²) in [5.74, 6) is 1.68. The van der Waals surface area contributed by atoms with Gasteiger partial charge in [-0.1, -0.05) is 19.9 Å². The van der Waals surface area contributed by atoms with Crippen LogP contribution in [0.1, 0.15) is 42.9 Å². The van der Waals surface area contributed by atoms with Crippen LogP contribution in [0.4, 0.5) is 0 Å². The Bertz CT molecular complexity index is 893. The van der Waals surface area contributed by atoms with Crippen LogP contribution in [-0.2, 0) is 29.5 Å². The Balaban J connectivity index is 1.76. The Morgan fingerprint density at radius 2 is 1.96 bits per heavy atom. The number of sulfonamides is 1. The van der Waals surface area contributed by atoms with Crippen LogP contribution in [0.2, 0.25) is 0 Å². The van der Waals surface area contributed by atoms with Gasteiger partial charge < -0.3 is 4.57 Å². The fraction of sp³-hybridized carbons (Fsp3) is 0.611. The molecule has 0 aliphatic carbocycles. The lowest BCUT2D eigenvalue weighted by molar-refractivity contribution is 0.265. The van der Waals surface area contributed by atoms with Gasteiger partial charge in [0.15, 0.2) is 5.82 Å². The molecular weight excluding hydrogens is 364 g/mol. The van der Waals surface area contributed by atoms with E-state index < -0.39 is 10.0 Å². The molecule has 1 unspecified atom stereocenters. The molecule has 9 heteroatoms. The SMILES string of the molecule is Cc1cccc(CN2CCc3nnc(C(NS(C)(=O)=O)C(C)C)n3CC2)n1. The minimum Gasteiger partial charge on any atom is -0.312 e. The summed E-state index contributed by atoms with van der Waals surface area (Å²) in [7, 11) is -3.34. The molecule has 8 nitrogen and oxygen atoms in total. The van der Waals surface area contributed by atoms with Crippen molar-refractivity contribution in [3.63, 3.8) is 0 Å². The van der Waals surface area contributed by atoms with Crippen LogP contribution < -0.4 is 4.72 Å². The molecule has 0 aromatic carbocycles. The molecule has 2 aromatic rings. The summed E-state index contributed by atoms with van der Waals surface area (Å²) in [6.07, 6.45) is 1.96. The smallest absolute Gasteiger partial charge is 0.209 e. The average molecular weight is 393 g/mol. The molecule has 1 N–H and O–H groups in total. The zero-order valence-electron chi connectivity index (χ0n) is 16.4. The van der Waals surface area contributed by atoms with E-state index in [-0.39, 0.29) is 12.0 Å². The van der Waals surface area contributed by atoms with Crippen LogP contribution in [0, 0.1) is 12.8 Å². The highest BCUT2D eigenvalue weighted by atomic mass is 32.2. The first kappa shape index (κ1) is 19.9. The fourth-order valence-electron chi connectivity index (χ4n) is 3.41. The number of hydrogen-bond donors (Lipinski definition) is 1. The standard InChI is InChI=1S/C18H28N6O2S/c1-13(2)17(22-27(4,25)26)18-21-20-16-8-9-23(10-11-24(16)18)12-15-7-5-6-14(3)19-15/h5-7,13,17,22H,8-12H2,1-4H3. The van der Waals surface area contributed by atoms with Crippen molar-refractivity contribution in [1.29, 1.82) is 0 Å². The summed E-state index contributed by atoms with van der Waals surface area (Å²) in [5, 5.41) is 8.66. The summed E-state index contributed by atoms with van der Waals surface area (Å²) < 4.78 is 28.3. The lowest BCUT2D eigenvalue weighted by Gasteiger charge is -2.22. The molecule has 0 amide bonds. The van der Waals surface area contributed by atoms with E-state index in [9.17, 15) is 8.42 Å². The van der Waals surface area contributed by atoms with Gasteiger partial charge in [0.05, 0.1) is 18.0 Å². The highest BCUT2D eigenvalue weighted by Gasteiger charge is 2.28. The van der Waals surface area contributed by atoms with Gasteiger partial charge in [0.2, 0.25) is 10.0 Å². The number of hydrogen-bond acceptors (Lipinski definition) is 6. The third-order valence-electron chi connectivity index (χ3n) is 4.76. The molecule has 1 aliphatic rings. The highest BCUT2D eigenvalue weighted by Crippen LogP contribution is 2.23. The topological polar surface area (TPSA) is 93.0 Å². The van der Waals surface area contributed by atoms with Gasteiger partial charge in [0.25, 0.3) is 0 Å². The monoisotopic (exact) mass is 392 g/mol. The number of aromatic nitrogens is 4. The Morgan fingerprint density at radius 1 is 1.19 bits per heavy atom. The molecule has 0 fully saturated rings. The van der Waals surface area contributed by atoms with E-state index >= 15 is 0 Å². The van der Waals surface area contributed by atoms with E-state index in [1.165, 1.54) is 6.26 Å². The van der Waals surface area contributed by atoms with Crippen molar-refractivity contribution >= 4 is 10.0 Å². The lowest BCUT2D eigenvalue weighted by atomic mass is 10.1. The van der Waals surface area contributed by atoms with Crippen LogP contribution in [0.3, 0.4) is 0 Å². The maximum absolute atomic E-state index is 11.8. The quantitative estimate of drug-likeness (QED) is 0.796. The Labute approximate surface area is 161 Å². The van der Waals surface area contributed by atoms with E-state index in [1.54, 1.807) is 0 Å². The van der Waals surface area contributed by atoms with Crippen molar-refractivity contribution in [3.05, 3.63) is 41.2 Å². The number of rotatable bonds is 6. The van der Waals surface area contributed by atoms with E-state index in [2.05, 4.69) is 29.4 Å². The number of pyridine rings is 1. The first-order valence-corrected chi connectivity index (χ1v) is 11.2. The number of nitrogens with zero attached hydrogens (tertiary/aromatic N) is 5. The molecule has 148 valence electrons. The second-order valence-corrected chi connectivity index (χ2v) is 9.31. The summed E-state index contributed by atoms with van der Waals surface area (Å²) in [6.45, 7) is 9.22. The van der Waals surface area contributed by atoms with Gasteiger partial charge >= 0.3 is 0 Å². The molecule has 2 aromatic heterocycles. The molecule has 3 heterocycles. The summed E-state index contributed by atoms with van der Waals surface area (Å²) in [5.41, 5.74) is 2.08. The summed E-state index contributed by atoms with van der Waals surface area (Å²) in [4.78, 5) is 6.95. The third kappa shape index (κ3) is 5.12. The number of fused-ring (bicyclic) bond motifs is 1. The van der Waals surface area contributed by atoms with Crippen molar-refractivity contribution in [2.45, 2.75) is 46.3 Å². The van der Waals surface area contributed by atoms with E-state index in [4.69, 9.17) is 0 Å². The zero-order chi connectivity index (χ0) is 19.6. The van der Waals surface area contributed by atoms with Crippen LogP contribution in [0.5, 0.6) is 0 Å². The minimum absolute atomic E-state index is 0.0730. The van der Waals surface area contributed by atoms with E-state index in [0.717, 1.165) is 49.8 Å². The Kier molecular flexibility index (Phi) is 5.92. The van der Waals surface area contributed by atoms with Gasteiger partial charge in [-0.3, -0.25) is 9.88 Å². The molecule has 1 atom stereocenters. The first-order chi connectivity index (χ1) is 12.7. The molecule has 0 saturated heterocycles. The average Bonchev–Trinajstić information content (AvgIpc) is 2.86. The maximum Gasteiger partial charge on any atom is 0.209 e. The molecular formula is C18H28N6O2S. The minimum atomic E-state index is -3.34. The molecule has 3 rings (SSSR count). The molecule has 0 radical (unpaired) electrons. The van der Waals surface area contributed by atoms with Crippen molar-refractivity contribution < 1.29 is 8.42 Å². The second-order valence-electron chi connectivity index (χ2n) is 7.53. The lowest BCUT2D eigenvalue weighted by Crippen LogP contribution is -2.33.